The van der Waals surface area contributed by atoms with Crippen LogP contribution in [0.5, 0.6) is 5.75 Å². The van der Waals surface area contributed by atoms with Gasteiger partial charge in [-0.1, -0.05) is 23.2 Å². The van der Waals surface area contributed by atoms with Gasteiger partial charge in [0, 0.05) is 6.07 Å². The fourth-order valence-electron chi connectivity index (χ4n) is 1.71. The first kappa shape index (κ1) is 10.1. The lowest BCUT2D eigenvalue weighted by molar-refractivity contribution is 0.210. The number of ether oxygens (including phenoxy) is 1. The summed E-state index contributed by atoms with van der Waals surface area (Å²) in [6.45, 7) is 0. The van der Waals surface area contributed by atoms with E-state index in [1.54, 1.807) is 6.07 Å². The largest absolute Gasteiger partial charge is 0.489 e. The molecule has 1 radical (unpaired) electrons. The van der Waals surface area contributed by atoms with Crippen LogP contribution in [0.15, 0.2) is 12.1 Å². The molecule has 2 rings (SSSR count). The normalized spacial score (nSPS) is 17.3. The summed E-state index contributed by atoms with van der Waals surface area (Å²) in [6.07, 6.45) is 5.04. The second-order valence-corrected chi connectivity index (χ2v) is 4.25. The van der Waals surface area contributed by atoms with Gasteiger partial charge in [0.25, 0.3) is 0 Å². The average Bonchev–Trinajstić information content (AvgIpc) is 2.66. The maximum Gasteiger partial charge on any atom is 0.139 e. The van der Waals surface area contributed by atoms with E-state index in [4.69, 9.17) is 27.9 Å². The molecule has 0 spiro atoms. The molecule has 0 heterocycles. The van der Waals surface area contributed by atoms with Gasteiger partial charge in [-0.3, -0.25) is 0 Å². The van der Waals surface area contributed by atoms with Gasteiger partial charge in [-0.05, 0) is 37.8 Å². The van der Waals surface area contributed by atoms with Gasteiger partial charge in [0.05, 0.1) is 11.1 Å². The van der Waals surface area contributed by atoms with Crippen molar-refractivity contribution in [2.75, 3.05) is 0 Å². The topological polar surface area (TPSA) is 9.23 Å². The Morgan fingerprint density at radius 2 is 2.00 bits per heavy atom. The molecule has 1 aromatic carbocycles. The van der Waals surface area contributed by atoms with Crippen LogP contribution < -0.4 is 4.74 Å². The van der Waals surface area contributed by atoms with Gasteiger partial charge >= 0.3 is 0 Å². The first-order valence-electron chi connectivity index (χ1n) is 4.79. The average molecular weight is 230 g/mol. The van der Waals surface area contributed by atoms with Crippen molar-refractivity contribution in [2.24, 2.45) is 0 Å². The van der Waals surface area contributed by atoms with Crippen LogP contribution in [0, 0.1) is 6.07 Å². The number of hydrogen-bond donors (Lipinski definition) is 0. The Kier molecular flexibility index (Phi) is 3.19. The maximum absolute atomic E-state index is 5.98. The van der Waals surface area contributed by atoms with E-state index in [0.29, 0.717) is 21.9 Å². The third-order valence-corrected chi connectivity index (χ3v) is 3.22. The van der Waals surface area contributed by atoms with Crippen molar-refractivity contribution in [3.63, 3.8) is 0 Å². The SMILES string of the molecule is Clc1[c]ccc(OC2CCCC2)c1Cl. The lowest BCUT2D eigenvalue weighted by atomic mass is 10.3. The smallest absolute Gasteiger partial charge is 0.139 e. The first-order valence-corrected chi connectivity index (χ1v) is 5.55. The molecule has 1 aliphatic rings. The molecule has 0 aromatic heterocycles. The molecule has 75 valence electrons. The molecule has 0 amide bonds. The van der Waals surface area contributed by atoms with Crippen LogP contribution in [0.25, 0.3) is 0 Å². The summed E-state index contributed by atoms with van der Waals surface area (Å²) >= 11 is 11.8. The van der Waals surface area contributed by atoms with Crippen LogP contribution in [-0.4, -0.2) is 6.10 Å². The highest BCUT2D eigenvalue weighted by molar-refractivity contribution is 6.42. The zero-order chi connectivity index (χ0) is 9.97. The third-order valence-electron chi connectivity index (χ3n) is 2.45. The van der Waals surface area contributed by atoms with Gasteiger partial charge in [-0.2, -0.15) is 0 Å². The Balaban J connectivity index is 2.11. The van der Waals surface area contributed by atoms with Gasteiger partial charge in [0.1, 0.15) is 10.8 Å². The van der Waals surface area contributed by atoms with Crippen LogP contribution in [-0.2, 0) is 0 Å². The number of halogens is 2. The fraction of sp³-hybridized carbons (Fsp3) is 0.455. The molecule has 1 nitrogen and oxygen atoms in total. The molecule has 1 fully saturated rings. The molecule has 0 bridgehead atoms. The Morgan fingerprint density at radius 3 is 2.71 bits per heavy atom. The highest BCUT2D eigenvalue weighted by atomic mass is 35.5. The highest BCUT2D eigenvalue weighted by Gasteiger charge is 2.18. The summed E-state index contributed by atoms with van der Waals surface area (Å²) in [4.78, 5) is 0. The standard InChI is InChI=1S/C11H11Cl2O/c12-9-6-3-7-10(11(9)13)14-8-4-1-2-5-8/h3,7-8H,1-2,4-5H2. The predicted octanol–water partition coefficient (Wildman–Crippen LogP) is 4.11. The molecule has 14 heavy (non-hydrogen) atoms. The van der Waals surface area contributed by atoms with E-state index >= 15 is 0 Å². The lowest BCUT2D eigenvalue weighted by Crippen LogP contribution is -2.11. The van der Waals surface area contributed by atoms with Crippen molar-refractivity contribution in [3.05, 3.63) is 28.2 Å². The second kappa shape index (κ2) is 4.41. The van der Waals surface area contributed by atoms with E-state index < -0.39 is 0 Å². The fourth-order valence-corrected chi connectivity index (χ4v) is 2.03. The van der Waals surface area contributed by atoms with Gasteiger partial charge in [0.2, 0.25) is 0 Å². The van der Waals surface area contributed by atoms with Crippen molar-refractivity contribution in [3.8, 4) is 5.75 Å². The zero-order valence-corrected chi connectivity index (χ0v) is 9.24. The Labute approximate surface area is 94.0 Å². The Bertz CT molecular complexity index is 319. The summed E-state index contributed by atoms with van der Waals surface area (Å²) in [5.41, 5.74) is 0. The van der Waals surface area contributed by atoms with Gasteiger partial charge in [-0.25, -0.2) is 0 Å². The molecule has 1 aliphatic carbocycles. The summed E-state index contributed by atoms with van der Waals surface area (Å²) in [5.74, 6) is 0.683. The van der Waals surface area contributed by atoms with E-state index in [0.717, 1.165) is 12.8 Å². The van der Waals surface area contributed by atoms with Crippen molar-refractivity contribution in [1.82, 2.24) is 0 Å². The van der Waals surface area contributed by atoms with E-state index in [9.17, 15) is 0 Å². The Morgan fingerprint density at radius 1 is 1.29 bits per heavy atom. The number of rotatable bonds is 2. The minimum absolute atomic E-state index is 0.311. The molecule has 1 aromatic rings. The molecule has 0 unspecified atom stereocenters. The lowest BCUT2D eigenvalue weighted by Gasteiger charge is -2.14. The van der Waals surface area contributed by atoms with Crippen LogP contribution in [0.2, 0.25) is 10.0 Å². The van der Waals surface area contributed by atoms with Gasteiger partial charge in [0.15, 0.2) is 0 Å². The molecule has 3 heteroatoms. The number of benzene rings is 1. The molecular weight excluding hydrogens is 219 g/mol. The monoisotopic (exact) mass is 229 g/mol. The Hall–Kier alpha value is -0.400. The van der Waals surface area contributed by atoms with Crippen molar-refractivity contribution >= 4 is 23.2 Å². The molecule has 1 saturated carbocycles. The maximum atomic E-state index is 5.98. The third kappa shape index (κ3) is 2.15. The quantitative estimate of drug-likeness (QED) is 0.742. The summed E-state index contributed by atoms with van der Waals surface area (Å²) < 4.78 is 5.75. The van der Waals surface area contributed by atoms with Crippen molar-refractivity contribution < 1.29 is 4.74 Å². The summed E-state index contributed by atoms with van der Waals surface area (Å²) in [7, 11) is 0. The van der Waals surface area contributed by atoms with E-state index in [1.807, 2.05) is 6.07 Å². The molecule has 0 N–H and O–H groups in total. The van der Waals surface area contributed by atoms with Crippen molar-refractivity contribution in [1.29, 1.82) is 0 Å². The second-order valence-electron chi connectivity index (χ2n) is 3.49. The van der Waals surface area contributed by atoms with E-state index in [2.05, 4.69) is 6.07 Å². The zero-order valence-electron chi connectivity index (χ0n) is 7.72. The predicted molar refractivity (Wildman–Crippen MR) is 58.2 cm³/mol. The van der Waals surface area contributed by atoms with Crippen molar-refractivity contribution in [2.45, 2.75) is 31.8 Å². The number of hydrogen-bond acceptors (Lipinski definition) is 1. The van der Waals surface area contributed by atoms with Crippen LogP contribution in [0.4, 0.5) is 0 Å². The first-order chi connectivity index (χ1) is 6.77. The summed E-state index contributed by atoms with van der Waals surface area (Å²) in [5, 5.41) is 0.906. The molecular formula is C11H11Cl2O. The van der Waals surface area contributed by atoms with E-state index in [1.165, 1.54) is 12.8 Å². The van der Waals surface area contributed by atoms with Crippen LogP contribution in [0.1, 0.15) is 25.7 Å². The van der Waals surface area contributed by atoms with E-state index in [-0.39, 0.29) is 0 Å². The van der Waals surface area contributed by atoms with Gasteiger partial charge in [-0.15, -0.1) is 0 Å². The molecule has 0 saturated heterocycles. The van der Waals surface area contributed by atoms with Crippen LogP contribution in [0.3, 0.4) is 0 Å². The minimum atomic E-state index is 0.311. The molecule has 0 atom stereocenters. The van der Waals surface area contributed by atoms with Gasteiger partial charge < -0.3 is 4.74 Å². The minimum Gasteiger partial charge on any atom is -0.489 e. The highest BCUT2D eigenvalue weighted by Crippen LogP contribution is 2.33. The molecule has 0 aliphatic heterocycles. The summed E-state index contributed by atoms with van der Waals surface area (Å²) in [6, 6.07) is 6.36. The van der Waals surface area contributed by atoms with Crippen LogP contribution >= 0.6 is 23.2 Å².